The SMILES string of the molecule is CC(=O)NC(C)(C)C(C)(C)SC(=O)CC(=O)O. The Morgan fingerprint density at radius 3 is 2.00 bits per heavy atom. The molecule has 2 N–H and O–H groups in total. The zero-order valence-corrected chi connectivity index (χ0v) is 11.6. The van der Waals surface area contributed by atoms with E-state index in [1.165, 1.54) is 6.92 Å². The first-order valence-corrected chi connectivity index (χ1v) is 6.02. The van der Waals surface area contributed by atoms with E-state index in [4.69, 9.17) is 5.11 Å². The summed E-state index contributed by atoms with van der Waals surface area (Å²) in [6.07, 6.45) is -0.510. The third-order valence-corrected chi connectivity index (χ3v) is 4.05. The van der Waals surface area contributed by atoms with Crippen molar-refractivity contribution in [1.82, 2.24) is 5.32 Å². The van der Waals surface area contributed by atoms with Crippen LogP contribution in [0.15, 0.2) is 0 Å². The number of rotatable bonds is 5. The average molecular weight is 261 g/mol. The lowest BCUT2D eigenvalue weighted by atomic mass is 9.89. The zero-order valence-electron chi connectivity index (χ0n) is 10.8. The minimum atomic E-state index is -1.14. The van der Waals surface area contributed by atoms with Gasteiger partial charge in [0, 0.05) is 17.2 Å². The van der Waals surface area contributed by atoms with Crippen LogP contribution in [0.2, 0.25) is 0 Å². The molecule has 0 spiro atoms. The smallest absolute Gasteiger partial charge is 0.311 e. The fraction of sp³-hybridized carbons (Fsp3) is 0.727. The fourth-order valence-corrected chi connectivity index (χ4v) is 2.23. The maximum absolute atomic E-state index is 11.5. The van der Waals surface area contributed by atoms with E-state index in [2.05, 4.69) is 5.32 Å². The van der Waals surface area contributed by atoms with Crippen molar-refractivity contribution in [1.29, 1.82) is 0 Å². The van der Waals surface area contributed by atoms with Crippen LogP contribution in [0.5, 0.6) is 0 Å². The normalized spacial score (nSPS) is 12.1. The number of carboxylic acids is 1. The monoisotopic (exact) mass is 261 g/mol. The van der Waals surface area contributed by atoms with Crippen molar-refractivity contribution in [2.75, 3.05) is 0 Å². The first-order valence-electron chi connectivity index (χ1n) is 5.20. The van der Waals surface area contributed by atoms with Crippen molar-refractivity contribution in [3.8, 4) is 0 Å². The second kappa shape index (κ2) is 5.53. The van der Waals surface area contributed by atoms with E-state index in [0.717, 1.165) is 11.8 Å². The number of carbonyl (C=O) groups is 3. The van der Waals surface area contributed by atoms with Gasteiger partial charge in [0.05, 0.1) is 0 Å². The summed E-state index contributed by atoms with van der Waals surface area (Å²) in [5.41, 5.74) is -0.613. The van der Waals surface area contributed by atoms with Gasteiger partial charge < -0.3 is 10.4 Å². The first-order chi connectivity index (χ1) is 7.48. The van der Waals surface area contributed by atoms with Gasteiger partial charge in [-0.25, -0.2) is 0 Å². The molecule has 1 amide bonds. The van der Waals surface area contributed by atoms with Gasteiger partial charge in [0.2, 0.25) is 11.0 Å². The highest BCUT2D eigenvalue weighted by atomic mass is 32.2. The molecule has 0 saturated heterocycles. The average Bonchev–Trinajstić information content (AvgIpc) is 1.96. The molecular formula is C11H19NO4S. The summed E-state index contributed by atoms with van der Waals surface area (Å²) >= 11 is 0.945. The summed E-state index contributed by atoms with van der Waals surface area (Å²) in [5, 5.41) is 10.9. The van der Waals surface area contributed by atoms with Crippen LogP contribution >= 0.6 is 11.8 Å². The Morgan fingerprint density at radius 1 is 1.18 bits per heavy atom. The van der Waals surface area contributed by atoms with Gasteiger partial charge in [-0.1, -0.05) is 11.8 Å². The Balaban J connectivity index is 4.70. The molecule has 0 heterocycles. The molecule has 0 rings (SSSR count). The molecule has 0 radical (unpaired) electrons. The standard InChI is InChI=1S/C11H19NO4S/c1-7(13)12-10(2,3)11(4,5)17-9(16)6-8(14)15/h6H2,1-5H3,(H,12,13)(H,14,15). The highest BCUT2D eigenvalue weighted by molar-refractivity contribution is 8.14. The van der Waals surface area contributed by atoms with Gasteiger partial charge >= 0.3 is 5.97 Å². The van der Waals surface area contributed by atoms with E-state index in [0.29, 0.717) is 0 Å². The third-order valence-electron chi connectivity index (χ3n) is 2.66. The number of amides is 1. The van der Waals surface area contributed by atoms with E-state index in [9.17, 15) is 14.4 Å². The number of hydrogen-bond acceptors (Lipinski definition) is 4. The number of nitrogens with one attached hydrogen (secondary N) is 1. The van der Waals surface area contributed by atoms with Gasteiger partial charge in [0.15, 0.2) is 0 Å². The van der Waals surface area contributed by atoms with Crippen LogP contribution in [0, 0.1) is 0 Å². The van der Waals surface area contributed by atoms with Crippen LogP contribution in [0.1, 0.15) is 41.0 Å². The van der Waals surface area contributed by atoms with E-state index >= 15 is 0 Å². The van der Waals surface area contributed by atoms with Gasteiger partial charge in [-0.05, 0) is 27.7 Å². The Hall–Kier alpha value is -1.04. The van der Waals surface area contributed by atoms with Gasteiger partial charge in [0.25, 0.3) is 0 Å². The number of hydrogen-bond donors (Lipinski definition) is 2. The van der Waals surface area contributed by atoms with E-state index in [1.807, 2.05) is 0 Å². The summed E-state index contributed by atoms with van der Waals surface area (Å²) in [6, 6.07) is 0. The van der Waals surface area contributed by atoms with Gasteiger partial charge in [-0.15, -0.1) is 0 Å². The highest BCUT2D eigenvalue weighted by Gasteiger charge is 2.40. The van der Waals surface area contributed by atoms with Crippen molar-refractivity contribution < 1.29 is 19.5 Å². The minimum Gasteiger partial charge on any atom is -0.481 e. The van der Waals surface area contributed by atoms with E-state index < -0.39 is 27.8 Å². The van der Waals surface area contributed by atoms with E-state index in [-0.39, 0.29) is 5.91 Å². The molecule has 0 aromatic heterocycles. The summed E-state index contributed by atoms with van der Waals surface area (Å²) < 4.78 is -0.592. The predicted octanol–water partition coefficient (Wildman–Crippen LogP) is 1.41. The number of aliphatic carboxylic acids is 1. The molecule has 17 heavy (non-hydrogen) atoms. The Bertz CT molecular complexity index is 336. The lowest BCUT2D eigenvalue weighted by molar-refractivity contribution is -0.138. The summed E-state index contributed by atoms with van der Waals surface area (Å²) in [7, 11) is 0. The van der Waals surface area contributed by atoms with Crippen LogP contribution in [0.4, 0.5) is 0 Å². The quantitative estimate of drug-likeness (QED) is 0.731. The lowest BCUT2D eigenvalue weighted by Crippen LogP contribution is -2.56. The molecule has 0 aliphatic carbocycles. The number of carbonyl (C=O) groups excluding carboxylic acids is 2. The molecule has 0 unspecified atom stereocenters. The minimum absolute atomic E-state index is 0.186. The van der Waals surface area contributed by atoms with Crippen molar-refractivity contribution in [3.63, 3.8) is 0 Å². The van der Waals surface area contributed by atoms with Crippen LogP contribution in [0.3, 0.4) is 0 Å². The van der Waals surface area contributed by atoms with Crippen molar-refractivity contribution in [2.45, 2.75) is 51.3 Å². The van der Waals surface area contributed by atoms with Crippen molar-refractivity contribution >= 4 is 28.8 Å². The van der Waals surface area contributed by atoms with Gasteiger partial charge in [0.1, 0.15) is 6.42 Å². The van der Waals surface area contributed by atoms with Crippen LogP contribution in [0.25, 0.3) is 0 Å². The second-order valence-corrected chi connectivity index (χ2v) is 6.54. The van der Waals surface area contributed by atoms with Crippen LogP contribution < -0.4 is 5.32 Å². The van der Waals surface area contributed by atoms with Crippen LogP contribution in [-0.4, -0.2) is 32.4 Å². The molecule has 0 aromatic carbocycles. The molecule has 0 aliphatic heterocycles. The van der Waals surface area contributed by atoms with Crippen molar-refractivity contribution in [2.24, 2.45) is 0 Å². The molecule has 0 bridgehead atoms. The Kier molecular flexibility index (Phi) is 5.19. The third kappa shape index (κ3) is 5.21. The molecule has 6 heteroatoms. The zero-order chi connectivity index (χ0) is 13.9. The highest BCUT2D eigenvalue weighted by Crippen LogP contribution is 2.36. The summed E-state index contributed by atoms with van der Waals surface area (Å²) in [4.78, 5) is 33.0. The largest absolute Gasteiger partial charge is 0.481 e. The first kappa shape index (κ1) is 16.0. The predicted molar refractivity (Wildman–Crippen MR) is 66.8 cm³/mol. The molecule has 0 aliphatic rings. The molecule has 5 nitrogen and oxygen atoms in total. The van der Waals surface area contributed by atoms with Crippen LogP contribution in [-0.2, 0) is 14.4 Å². The fourth-order valence-electron chi connectivity index (χ4n) is 1.16. The molecule has 0 fully saturated rings. The molecule has 0 atom stereocenters. The van der Waals surface area contributed by atoms with Gasteiger partial charge in [-0.2, -0.15) is 0 Å². The maximum atomic E-state index is 11.5. The second-order valence-electron chi connectivity index (χ2n) is 4.86. The van der Waals surface area contributed by atoms with Gasteiger partial charge in [-0.3, -0.25) is 14.4 Å². The number of carboxylic acid groups (broad SMARTS) is 1. The van der Waals surface area contributed by atoms with Crippen molar-refractivity contribution in [3.05, 3.63) is 0 Å². The molecule has 0 saturated carbocycles. The molecule has 98 valence electrons. The summed E-state index contributed by atoms with van der Waals surface area (Å²) in [6.45, 7) is 8.60. The lowest BCUT2D eigenvalue weighted by Gasteiger charge is -2.40. The molecular weight excluding hydrogens is 242 g/mol. The summed E-state index contributed by atoms with van der Waals surface area (Å²) in [5.74, 6) is -1.33. The Morgan fingerprint density at radius 2 is 1.65 bits per heavy atom. The topological polar surface area (TPSA) is 83.5 Å². The molecule has 0 aromatic rings. The van der Waals surface area contributed by atoms with E-state index in [1.54, 1.807) is 27.7 Å². The number of thioether (sulfide) groups is 1. The Labute approximate surface area is 105 Å². The maximum Gasteiger partial charge on any atom is 0.311 e.